The van der Waals surface area contributed by atoms with Crippen LogP contribution in [0.3, 0.4) is 0 Å². The van der Waals surface area contributed by atoms with Gasteiger partial charge in [-0.2, -0.15) is 0 Å². The molecule has 0 aliphatic heterocycles. The van der Waals surface area contributed by atoms with Crippen molar-refractivity contribution in [3.05, 3.63) is 41.6 Å². The Morgan fingerprint density at radius 2 is 1.80 bits per heavy atom. The molecule has 0 saturated heterocycles. The van der Waals surface area contributed by atoms with E-state index in [4.69, 9.17) is 4.42 Å². The highest BCUT2D eigenvalue weighted by Crippen LogP contribution is 2.30. The van der Waals surface area contributed by atoms with Crippen LogP contribution in [-0.2, 0) is 0 Å². The molecule has 0 aliphatic carbocycles. The number of furan rings is 1. The molecule has 0 fully saturated rings. The predicted molar refractivity (Wildman–Crippen MR) is 61.0 cm³/mol. The Morgan fingerprint density at radius 3 is 2.67 bits per heavy atom. The molecule has 0 aliphatic rings. The van der Waals surface area contributed by atoms with E-state index in [1.165, 1.54) is 0 Å². The maximum absolute atomic E-state index is 5.85. The summed E-state index contributed by atoms with van der Waals surface area (Å²) in [5.41, 5.74) is 5.12. The van der Waals surface area contributed by atoms with Crippen molar-refractivity contribution in [1.82, 2.24) is 4.98 Å². The molecular formula is C13H11NO. The molecule has 0 bridgehead atoms. The van der Waals surface area contributed by atoms with Gasteiger partial charge in [0.2, 0.25) is 0 Å². The number of pyridine rings is 1. The molecule has 0 saturated carbocycles. The zero-order valence-corrected chi connectivity index (χ0v) is 8.74. The van der Waals surface area contributed by atoms with Gasteiger partial charge in [-0.3, -0.25) is 4.98 Å². The molecule has 74 valence electrons. The van der Waals surface area contributed by atoms with Crippen LogP contribution in [-0.4, -0.2) is 4.98 Å². The van der Waals surface area contributed by atoms with Gasteiger partial charge in [0.1, 0.15) is 11.1 Å². The molecule has 3 rings (SSSR count). The maximum atomic E-state index is 5.85. The second kappa shape index (κ2) is 2.83. The molecule has 0 N–H and O–H groups in total. The van der Waals surface area contributed by atoms with Crippen LogP contribution in [0.25, 0.3) is 22.1 Å². The van der Waals surface area contributed by atoms with Gasteiger partial charge < -0.3 is 4.42 Å². The number of aryl methyl sites for hydroxylation is 2. The van der Waals surface area contributed by atoms with E-state index in [0.717, 1.165) is 33.2 Å². The highest BCUT2D eigenvalue weighted by molar-refractivity contribution is 6.04. The number of para-hydroxylation sites is 1. The first-order chi connectivity index (χ1) is 7.27. The van der Waals surface area contributed by atoms with Crippen LogP contribution in [0.1, 0.15) is 11.1 Å². The molecule has 2 heterocycles. The Labute approximate surface area is 87.5 Å². The third-order valence-corrected chi connectivity index (χ3v) is 2.77. The number of aromatic nitrogens is 1. The van der Waals surface area contributed by atoms with E-state index in [2.05, 4.69) is 24.0 Å². The summed E-state index contributed by atoms with van der Waals surface area (Å²) < 4.78 is 5.85. The Morgan fingerprint density at radius 1 is 1.00 bits per heavy atom. The van der Waals surface area contributed by atoms with Crippen molar-refractivity contribution < 1.29 is 4.42 Å². The van der Waals surface area contributed by atoms with Crippen LogP contribution in [0, 0.1) is 13.8 Å². The molecule has 3 aromatic rings. The highest BCUT2D eigenvalue weighted by atomic mass is 16.3. The first-order valence-electron chi connectivity index (χ1n) is 5.01. The fourth-order valence-corrected chi connectivity index (χ4v) is 1.94. The first-order valence-corrected chi connectivity index (χ1v) is 5.01. The molecule has 0 atom stereocenters. The van der Waals surface area contributed by atoms with Gasteiger partial charge in [0.05, 0.1) is 0 Å². The minimum atomic E-state index is 0.904. The number of nitrogens with zero attached hydrogens (tertiary/aromatic N) is 1. The lowest BCUT2D eigenvalue weighted by atomic mass is 10.1. The second-order valence-corrected chi connectivity index (χ2v) is 3.86. The molecule has 1 aromatic carbocycles. The lowest BCUT2D eigenvalue weighted by molar-refractivity contribution is 0.662. The van der Waals surface area contributed by atoms with E-state index in [9.17, 15) is 0 Å². The monoisotopic (exact) mass is 197 g/mol. The van der Waals surface area contributed by atoms with E-state index >= 15 is 0 Å². The van der Waals surface area contributed by atoms with Crippen LogP contribution in [0.2, 0.25) is 0 Å². The number of benzene rings is 1. The third kappa shape index (κ3) is 1.08. The minimum Gasteiger partial charge on any atom is -0.454 e. The number of rotatable bonds is 0. The first kappa shape index (κ1) is 8.48. The fourth-order valence-electron chi connectivity index (χ4n) is 1.94. The molecule has 15 heavy (non-hydrogen) atoms. The number of hydrogen-bond donors (Lipinski definition) is 0. The van der Waals surface area contributed by atoms with Gasteiger partial charge in [0.25, 0.3) is 0 Å². The van der Waals surface area contributed by atoms with E-state index in [-0.39, 0.29) is 0 Å². The summed E-state index contributed by atoms with van der Waals surface area (Å²) in [4.78, 5) is 4.38. The van der Waals surface area contributed by atoms with Crippen molar-refractivity contribution >= 4 is 22.1 Å². The molecule has 2 aromatic heterocycles. The summed E-state index contributed by atoms with van der Waals surface area (Å²) in [5, 5.41) is 1.11. The SMILES string of the molecule is Cc1cccc2c1oc1c(C)ccnc12. The standard InChI is InChI=1S/C13H11NO/c1-8-4-3-5-10-11-13(15-12(8)10)9(2)6-7-14-11/h3-7H,1-2H3. The van der Waals surface area contributed by atoms with Crippen LogP contribution < -0.4 is 0 Å². The van der Waals surface area contributed by atoms with E-state index < -0.39 is 0 Å². The zero-order chi connectivity index (χ0) is 10.4. The van der Waals surface area contributed by atoms with Gasteiger partial charge in [0, 0.05) is 11.6 Å². The van der Waals surface area contributed by atoms with Crippen molar-refractivity contribution in [2.24, 2.45) is 0 Å². The van der Waals surface area contributed by atoms with Gasteiger partial charge in [-0.05, 0) is 37.1 Å². The number of fused-ring (bicyclic) bond motifs is 3. The average Bonchev–Trinajstić information content (AvgIpc) is 2.60. The predicted octanol–water partition coefficient (Wildman–Crippen LogP) is 3.60. The second-order valence-electron chi connectivity index (χ2n) is 3.86. The van der Waals surface area contributed by atoms with Gasteiger partial charge in [-0.15, -0.1) is 0 Å². The molecule has 0 spiro atoms. The van der Waals surface area contributed by atoms with Gasteiger partial charge in [-0.25, -0.2) is 0 Å². The van der Waals surface area contributed by atoms with Crippen molar-refractivity contribution in [3.63, 3.8) is 0 Å². The van der Waals surface area contributed by atoms with Crippen molar-refractivity contribution in [2.75, 3.05) is 0 Å². The highest BCUT2D eigenvalue weighted by Gasteiger charge is 2.10. The Balaban J connectivity index is 2.63. The molecular weight excluding hydrogens is 186 g/mol. The van der Waals surface area contributed by atoms with Crippen LogP contribution >= 0.6 is 0 Å². The summed E-state index contributed by atoms with van der Waals surface area (Å²) in [7, 11) is 0. The van der Waals surface area contributed by atoms with Gasteiger partial charge in [-0.1, -0.05) is 12.1 Å². The smallest absolute Gasteiger partial charge is 0.156 e. The van der Waals surface area contributed by atoms with Crippen molar-refractivity contribution in [1.29, 1.82) is 0 Å². The van der Waals surface area contributed by atoms with Crippen LogP contribution in [0.5, 0.6) is 0 Å². The minimum absolute atomic E-state index is 0.904. The lowest BCUT2D eigenvalue weighted by Gasteiger charge is -1.91. The summed E-state index contributed by atoms with van der Waals surface area (Å²) >= 11 is 0. The quantitative estimate of drug-likeness (QED) is 0.550. The normalized spacial score (nSPS) is 11.3. The molecule has 2 heteroatoms. The van der Waals surface area contributed by atoms with Gasteiger partial charge in [0.15, 0.2) is 5.58 Å². The maximum Gasteiger partial charge on any atom is 0.156 e. The number of hydrogen-bond acceptors (Lipinski definition) is 2. The summed E-state index contributed by atoms with van der Waals surface area (Å²) in [6.07, 6.45) is 1.83. The summed E-state index contributed by atoms with van der Waals surface area (Å²) in [5.74, 6) is 0. The summed E-state index contributed by atoms with van der Waals surface area (Å²) in [6.45, 7) is 4.10. The molecule has 0 amide bonds. The van der Waals surface area contributed by atoms with E-state index in [0.29, 0.717) is 0 Å². The van der Waals surface area contributed by atoms with Crippen molar-refractivity contribution in [3.8, 4) is 0 Å². The largest absolute Gasteiger partial charge is 0.454 e. The Bertz CT molecular complexity index is 596. The van der Waals surface area contributed by atoms with Crippen LogP contribution in [0.4, 0.5) is 0 Å². The fraction of sp³-hybridized carbons (Fsp3) is 0.154. The van der Waals surface area contributed by atoms with E-state index in [1.54, 1.807) is 0 Å². The molecule has 0 radical (unpaired) electrons. The molecule has 0 unspecified atom stereocenters. The topological polar surface area (TPSA) is 26.0 Å². The third-order valence-electron chi connectivity index (χ3n) is 2.77. The summed E-state index contributed by atoms with van der Waals surface area (Å²) in [6, 6.07) is 8.12. The van der Waals surface area contributed by atoms with Crippen molar-refractivity contribution in [2.45, 2.75) is 13.8 Å². The van der Waals surface area contributed by atoms with E-state index in [1.807, 2.05) is 25.3 Å². The lowest BCUT2D eigenvalue weighted by Crippen LogP contribution is -1.76. The Hall–Kier alpha value is -1.83. The molecule has 2 nitrogen and oxygen atoms in total. The average molecular weight is 197 g/mol. The van der Waals surface area contributed by atoms with Crippen LogP contribution in [0.15, 0.2) is 34.9 Å². The van der Waals surface area contributed by atoms with Gasteiger partial charge >= 0.3 is 0 Å². The Kier molecular flexibility index (Phi) is 1.60. The zero-order valence-electron chi connectivity index (χ0n) is 8.74.